The van der Waals surface area contributed by atoms with E-state index in [1.165, 1.54) is 19.3 Å². The Morgan fingerprint density at radius 1 is 1.35 bits per heavy atom. The van der Waals surface area contributed by atoms with Crippen LogP contribution in [-0.4, -0.2) is 50.0 Å². The van der Waals surface area contributed by atoms with Crippen LogP contribution in [0.5, 0.6) is 0 Å². The van der Waals surface area contributed by atoms with Gasteiger partial charge in [0.05, 0.1) is 12.7 Å². The first-order valence-corrected chi connectivity index (χ1v) is 9.48. The lowest BCUT2D eigenvalue weighted by atomic mass is 9.51. The molecule has 0 heterocycles. The number of hydrogen-bond donors (Lipinski definition) is 3. The van der Waals surface area contributed by atoms with Crippen molar-refractivity contribution < 1.29 is 9.84 Å². The molecule has 3 N–H and O–H groups in total. The van der Waals surface area contributed by atoms with E-state index >= 15 is 0 Å². The Hall–Kier alpha value is -0.860. The summed E-state index contributed by atoms with van der Waals surface area (Å²) in [5.41, 5.74) is 1.45. The van der Waals surface area contributed by atoms with E-state index in [0.29, 0.717) is 24.1 Å². The van der Waals surface area contributed by atoms with E-state index < -0.39 is 0 Å². The molecule has 2 saturated carbocycles. The summed E-state index contributed by atoms with van der Waals surface area (Å²) < 4.78 is 5.92. The largest absolute Gasteiger partial charge is 0.396 e. The van der Waals surface area contributed by atoms with Crippen molar-refractivity contribution in [3.63, 3.8) is 0 Å². The van der Waals surface area contributed by atoms with Gasteiger partial charge in [0.1, 0.15) is 0 Å². The number of benzene rings is 1. The van der Waals surface area contributed by atoms with Crippen LogP contribution in [0.2, 0.25) is 0 Å². The molecule has 0 bridgehead atoms. The lowest BCUT2D eigenvalue weighted by molar-refractivity contribution is -0.168. The zero-order chi connectivity index (χ0) is 17.7. The van der Waals surface area contributed by atoms with Gasteiger partial charge in [-0.3, -0.25) is 4.99 Å². The number of nitrogens with zero attached hydrogens (tertiary/aromatic N) is 1. The van der Waals surface area contributed by atoms with E-state index in [2.05, 4.69) is 34.7 Å². The molecule has 0 aromatic heterocycles. The second-order valence-electron chi connectivity index (χ2n) is 7.21. The van der Waals surface area contributed by atoms with Crippen LogP contribution in [0.1, 0.15) is 44.1 Å². The lowest BCUT2D eigenvalue weighted by Crippen LogP contribution is -2.68. The molecule has 1 aromatic rings. The molecule has 1 spiro atoms. The molecule has 1 aromatic carbocycles. The number of hydrogen-bond acceptors (Lipinski definition) is 3. The van der Waals surface area contributed by atoms with E-state index in [-0.39, 0.29) is 36.5 Å². The Bertz CT molecular complexity index is 578. The molecule has 0 aliphatic heterocycles. The maximum atomic E-state index is 9.71. The average Bonchev–Trinajstić information content (AvgIpc) is 2.59. The van der Waals surface area contributed by atoms with Gasteiger partial charge in [0, 0.05) is 37.6 Å². The minimum atomic E-state index is 0. The SMILES string of the molecule is CCOC1CC(NC(=NC)NCC(CO)c2ccccc2)C12CCC2.I. The normalized spacial score (nSPS) is 24.8. The van der Waals surface area contributed by atoms with Crippen LogP contribution in [-0.2, 0) is 4.74 Å². The fraction of sp³-hybridized carbons (Fsp3) is 0.650. The van der Waals surface area contributed by atoms with Crippen LogP contribution in [0.3, 0.4) is 0 Å². The monoisotopic (exact) mass is 473 g/mol. The fourth-order valence-corrected chi connectivity index (χ4v) is 4.23. The number of nitrogens with one attached hydrogen (secondary N) is 2. The maximum Gasteiger partial charge on any atom is 0.191 e. The van der Waals surface area contributed by atoms with Gasteiger partial charge in [0.2, 0.25) is 0 Å². The number of ether oxygens (including phenoxy) is 1. The van der Waals surface area contributed by atoms with Crippen LogP contribution in [0.4, 0.5) is 0 Å². The first-order chi connectivity index (χ1) is 12.2. The Morgan fingerprint density at radius 2 is 2.08 bits per heavy atom. The van der Waals surface area contributed by atoms with Crippen molar-refractivity contribution in [3.8, 4) is 0 Å². The van der Waals surface area contributed by atoms with Crippen LogP contribution in [0, 0.1) is 5.41 Å². The fourth-order valence-electron chi connectivity index (χ4n) is 4.23. The minimum absolute atomic E-state index is 0. The summed E-state index contributed by atoms with van der Waals surface area (Å²) in [6.07, 6.45) is 5.24. The van der Waals surface area contributed by atoms with Gasteiger partial charge in [-0.05, 0) is 31.7 Å². The second-order valence-corrected chi connectivity index (χ2v) is 7.21. The van der Waals surface area contributed by atoms with Gasteiger partial charge in [0.15, 0.2) is 5.96 Å². The molecule has 3 rings (SSSR count). The second kappa shape index (κ2) is 9.90. The van der Waals surface area contributed by atoms with Crippen LogP contribution in [0.25, 0.3) is 0 Å². The number of aliphatic imine (C=N–C) groups is 1. The Morgan fingerprint density at radius 3 is 2.62 bits per heavy atom. The summed E-state index contributed by atoms with van der Waals surface area (Å²) in [6, 6.07) is 10.6. The molecule has 3 atom stereocenters. The molecular formula is C20H32IN3O2. The summed E-state index contributed by atoms with van der Waals surface area (Å²) in [6.45, 7) is 3.65. The molecule has 26 heavy (non-hydrogen) atoms. The summed E-state index contributed by atoms with van der Waals surface area (Å²) in [5.74, 6) is 0.885. The highest BCUT2D eigenvalue weighted by Gasteiger charge is 2.59. The molecule has 5 nitrogen and oxygen atoms in total. The smallest absolute Gasteiger partial charge is 0.191 e. The Kier molecular flexibility index (Phi) is 8.16. The topological polar surface area (TPSA) is 65.9 Å². The van der Waals surface area contributed by atoms with Crippen molar-refractivity contribution >= 4 is 29.9 Å². The number of halogens is 1. The number of rotatable bonds is 7. The van der Waals surface area contributed by atoms with Gasteiger partial charge >= 0.3 is 0 Å². The molecule has 2 aliphatic carbocycles. The van der Waals surface area contributed by atoms with Crippen molar-refractivity contribution in [2.45, 2.75) is 50.7 Å². The van der Waals surface area contributed by atoms with E-state index in [9.17, 15) is 5.11 Å². The molecule has 6 heteroatoms. The third-order valence-electron chi connectivity index (χ3n) is 5.98. The summed E-state index contributed by atoms with van der Waals surface area (Å²) in [4.78, 5) is 4.38. The summed E-state index contributed by atoms with van der Waals surface area (Å²) in [5, 5.41) is 16.7. The number of aliphatic hydroxyl groups excluding tert-OH is 1. The predicted octanol–water partition coefficient (Wildman–Crippen LogP) is 2.89. The predicted molar refractivity (Wildman–Crippen MR) is 116 cm³/mol. The highest BCUT2D eigenvalue weighted by molar-refractivity contribution is 14.0. The highest BCUT2D eigenvalue weighted by atomic mass is 127. The molecule has 0 radical (unpaired) electrons. The van der Waals surface area contributed by atoms with Gasteiger partial charge in [0.25, 0.3) is 0 Å². The molecule has 2 aliphatic rings. The number of guanidine groups is 1. The van der Waals surface area contributed by atoms with Crippen LogP contribution >= 0.6 is 24.0 Å². The Labute approximate surface area is 174 Å². The first kappa shape index (κ1) is 21.4. The molecular weight excluding hydrogens is 441 g/mol. The van der Waals surface area contributed by atoms with Gasteiger partial charge < -0.3 is 20.5 Å². The maximum absolute atomic E-state index is 9.71. The summed E-state index contributed by atoms with van der Waals surface area (Å²) >= 11 is 0. The van der Waals surface area contributed by atoms with E-state index in [1.807, 2.05) is 18.2 Å². The molecule has 0 saturated heterocycles. The third kappa shape index (κ3) is 4.34. The molecule has 0 amide bonds. The Balaban J connectivity index is 0.00000243. The van der Waals surface area contributed by atoms with Crippen molar-refractivity contribution in [1.29, 1.82) is 0 Å². The zero-order valence-corrected chi connectivity index (χ0v) is 18.1. The van der Waals surface area contributed by atoms with Gasteiger partial charge in [-0.15, -0.1) is 24.0 Å². The lowest BCUT2D eigenvalue weighted by Gasteiger charge is -2.61. The van der Waals surface area contributed by atoms with Crippen molar-refractivity contribution in [2.75, 3.05) is 26.8 Å². The van der Waals surface area contributed by atoms with Gasteiger partial charge in [-0.2, -0.15) is 0 Å². The molecule has 2 fully saturated rings. The van der Waals surface area contributed by atoms with Crippen molar-refractivity contribution in [3.05, 3.63) is 35.9 Å². The molecule has 146 valence electrons. The zero-order valence-electron chi connectivity index (χ0n) is 15.8. The highest BCUT2D eigenvalue weighted by Crippen LogP contribution is 2.57. The quantitative estimate of drug-likeness (QED) is 0.324. The van der Waals surface area contributed by atoms with Crippen molar-refractivity contribution in [1.82, 2.24) is 10.6 Å². The van der Waals surface area contributed by atoms with Crippen LogP contribution in [0.15, 0.2) is 35.3 Å². The van der Waals surface area contributed by atoms with Gasteiger partial charge in [-0.25, -0.2) is 0 Å². The van der Waals surface area contributed by atoms with Crippen molar-refractivity contribution in [2.24, 2.45) is 10.4 Å². The minimum Gasteiger partial charge on any atom is -0.396 e. The number of aliphatic hydroxyl groups is 1. The van der Waals surface area contributed by atoms with E-state index in [1.54, 1.807) is 7.05 Å². The first-order valence-electron chi connectivity index (χ1n) is 9.48. The average molecular weight is 473 g/mol. The van der Waals surface area contributed by atoms with E-state index in [4.69, 9.17) is 4.74 Å². The summed E-state index contributed by atoms with van der Waals surface area (Å²) in [7, 11) is 1.80. The standard InChI is InChI=1S/C20H31N3O2.HI/c1-3-25-18-12-17(20(18)10-7-11-20)23-19(21-2)22-13-16(14-24)15-8-5-4-6-9-15;/h4-6,8-9,16-18,24H,3,7,10-14H2,1-2H3,(H2,21,22,23);1H. The van der Waals surface area contributed by atoms with E-state index in [0.717, 1.165) is 24.6 Å². The third-order valence-corrected chi connectivity index (χ3v) is 5.98. The molecule has 3 unspecified atom stereocenters. The van der Waals surface area contributed by atoms with Crippen LogP contribution < -0.4 is 10.6 Å². The van der Waals surface area contributed by atoms with Gasteiger partial charge in [-0.1, -0.05) is 36.8 Å².